The van der Waals surface area contributed by atoms with E-state index in [1.165, 1.54) is 0 Å². The zero-order valence-electron chi connectivity index (χ0n) is 9.42. The highest BCUT2D eigenvalue weighted by Crippen LogP contribution is 2.11. The second-order valence-electron chi connectivity index (χ2n) is 3.44. The van der Waals surface area contributed by atoms with Gasteiger partial charge < -0.3 is 11.1 Å². The van der Waals surface area contributed by atoms with E-state index in [9.17, 15) is 4.79 Å². The molecule has 88 valence electrons. The molecule has 1 amide bonds. The van der Waals surface area contributed by atoms with E-state index in [4.69, 9.17) is 5.73 Å². The standard InChI is InChI=1S/C11H13N5O/c1-2-13-10-7-8(3-5-14-10)16-6-4-9(15-16)11(12)17/h3-7H,2H2,1H3,(H2,12,17)(H,13,14). The van der Waals surface area contributed by atoms with Crippen LogP contribution in [0.1, 0.15) is 17.4 Å². The van der Waals surface area contributed by atoms with Crippen LogP contribution in [0.5, 0.6) is 0 Å². The van der Waals surface area contributed by atoms with Gasteiger partial charge in [0.1, 0.15) is 11.5 Å². The van der Waals surface area contributed by atoms with E-state index in [1.807, 2.05) is 13.0 Å². The lowest BCUT2D eigenvalue weighted by Gasteiger charge is -2.05. The number of hydrogen-bond acceptors (Lipinski definition) is 4. The van der Waals surface area contributed by atoms with E-state index < -0.39 is 5.91 Å². The van der Waals surface area contributed by atoms with Crippen LogP contribution in [0, 0.1) is 0 Å². The monoisotopic (exact) mass is 231 g/mol. The zero-order chi connectivity index (χ0) is 12.3. The summed E-state index contributed by atoms with van der Waals surface area (Å²) in [5.41, 5.74) is 6.21. The molecule has 2 aromatic heterocycles. The maximum atomic E-state index is 10.9. The Morgan fingerprint density at radius 2 is 2.35 bits per heavy atom. The Morgan fingerprint density at radius 3 is 3.00 bits per heavy atom. The average Bonchev–Trinajstić information content (AvgIpc) is 2.79. The first kappa shape index (κ1) is 11.1. The van der Waals surface area contributed by atoms with Gasteiger partial charge in [0.15, 0.2) is 0 Å². The summed E-state index contributed by atoms with van der Waals surface area (Å²) in [7, 11) is 0. The van der Waals surface area contributed by atoms with E-state index >= 15 is 0 Å². The molecule has 0 saturated carbocycles. The maximum Gasteiger partial charge on any atom is 0.269 e. The molecule has 0 saturated heterocycles. The summed E-state index contributed by atoms with van der Waals surface area (Å²) in [4.78, 5) is 15.1. The van der Waals surface area contributed by atoms with Gasteiger partial charge in [-0.2, -0.15) is 5.10 Å². The molecule has 2 aromatic rings. The lowest BCUT2D eigenvalue weighted by atomic mass is 10.4. The van der Waals surface area contributed by atoms with Gasteiger partial charge in [-0.3, -0.25) is 4.79 Å². The fraction of sp³-hybridized carbons (Fsp3) is 0.182. The van der Waals surface area contributed by atoms with Crippen LogP contribution in [0.15, 0.2) is 30.6 Å². The van der Waals surface area contributed by atoms with Gasteiger partial charge in [0.25, 0.3) is 5.91 Å². The van der Waals surface area contributed by atoms with Crippen LogP contribution in [0.25, 0.3) is 5.69 Å². The van der Waals surface area contributed by atoms with Gasteiger partial charge in [0, 0.05) is 25.0 Å². The average molecular weight is 231 g/mol. The van der Waals surface area contributed by atoms with E-state index in [0.717, 1.165) is 18.1 Å². The molecule has 3 N–H and O–H groups in total. The van der Waals surface area contributed by atoms with Crippen molar-refractivity contribution >= 4 is 11.7 Å². The first-order valence-electron chi connectivity index (χ1n) is 5.26. The summed E-state index contributed by atoms with van der Waals surface area (Å²) in [5.74, 6) is 0.228. The van der Waals surface area contributed by atoms with Crippen molar-refractivity contribution in [1.29, 1.82) is 0 Å². The number of hydrogen-bond donors (Lipinski definition) is 2. The topological polar surface area (TPSA) is 85.8 Å². The van der Waals surface area contributed by atoms with Gasteiger partial charge in [-0.1, -0.05) is 0 Å². The molecule has 0 aromatic carbocycles. The normalized spacial score (nSPS) is 10.2. The molecule has 0 fully saturated rings. The minimum absolute atomic E-state index is 0.242. The Balaban J connectivity index is 2.31. The number of rotatable bonds is 4. The lowest BCUT2D eigenvalue weighted by Crippen LogP contribution is -2.12. The molecule has 0 unspecified atom stereocenters. The third-order valence-corrected chi connectivity index (χ3v) is 2.21. The molecule has 17 heavy (non-hydrogen) atoms. The number of nitrogens with zero attached hydrogens (tertiary/aromatic N) is 3. The number of aromatic nitrogens is 3. The largest absolute Gasteiger partial charge is 0.370 e. The third kappa shape index (κ3) is 2.41. The van der Waals surface area contributed by atoms with Gasteiger partial charge in [-0.15, -0.1) is 0 Å². The van der Waals surface area contributed by atoms with Crippen molar-refractivity contribution in [2.75, 3.05) is 11.9 Å². The summed E-state index contributed by atoms with van der Waals surface area (Å²) in [6, 6.07) is 5.23. The molecular weight excluding hydrogens is 218 g/mol. The summed E-state index contributed by atoms with van der Waals surface area (Å²) in [6.07, 6.45) is 3.37. The second kappa shape index (κ2) is 4.65. The Kier molecular flexibility index (Phi) is 3.04. The number of nitrogens with one attached hydrogen (secondary N) is 1. The molecular formula is C11H13N5O. The number of carbonyl (C=O) groups excluding carboxylic acids is 1. The fourth-order valence-electron chi connectivity index (χ4n) is 1.44. The van der Waals surface area contributed by atoms with Crippen LogP contribution >= 0.6 is 0 Å². The molecule has 0 atom stereocenters. The van der Waals surface area contributed by atoms with Gasteiger partial charge in [0.05, 0.1) is 5.69 Å². The quantitative estimate of drug-likeness (QED) is 0.814. The molecule has 0 aliphatic rings. The highest BCUT2D eigenvalue weighted by Gasteiger charge is 2.06. The Labute approximate surface area is 98.5 Å². The van der Waals surface area contributed by atoms with Crippen LogP contribution < -0.4 is 11.1 Å². The number of anilines is 1. The van der Waals surface area contributed by atoms with Crippen LogP contribution in [0.2, 0.25) is 0 Å². The van der Waals surface area contributed by atoms with Crippen molar-refractivity contribution < 1.29 is 4.79 Å². The molecule has 2 heterocycles. The Hall–Kier alpha value is -2.37. The zero-order valence-corrected chi connectivity index (χ0v) is 9.42. The number of pyridine rings is 1. The van der Waals surface area contributed by atoms with Crippen LogP contribution in [-0.2, 0) is 0 Å². The smallest absolute Gasteiger partial charge is 0.269 e. The molecule has 0 spiro atoms. The molecule has 0 aliphatic heterocycles. The van der Waals surface area contributed by atoms with Crippen molar-refractivity contribution in [3.05, 3.63) is 36.3 Å². The van der Waals surface area contributed by atoms with Crippen LogP contribution in [0.3, 0.4) is 0 Å². The molecule has 6 heteroatoms. The first-order valence-corrected chi connectivity index (χ1v) is 5.26. The number of primary amides is 1. The third-order valence-electron chi connectivity index (χ3n) is 2.21. The van der Waals surface area contributed by atoms with Gasteiger partial charge >= 0.3 is 0 Å². The highest BCUT2D eigenvalue weighted by molar-refractivity contribution is 5.90. The number of nitrogens with two attached hydrogens (primary N) is 1. The molecule has 0 radical (unpaired) electrons. The first-order chi connectivity index (χ1) is 8.20. The predicted molar refractivity (Wildman–Crippen MR) is 64.0 cm³/mol. The SMILES string of the molecule is CCNc1cc(-n2ccc(C(N)=O)n2)ccn1. The van der Waals surface area contributed by atoms with Crippen LogP contribution in [-0.4, -0.2) is 27.2 Å². The van der Waals surface area contributed by atoms with E-state index in [0.29, 0.717) is 0 Å². The molecule has 6 nitrogen and oxygen atoms in total. The van der Waals surface area contributed by atoms with Crippen molar-refractivity contribution in [2.24, 2.45) is 5.73 Å². The number of amides is 1. The summed E-state index contributed by atoms with van der Waals surface area (Å²) in [6.45, 7) is 2.79. The van der Waals surface area contributed by atoms with Crippen molar-refractivity contribution in [1.82, 2.24) is 14.8 Å². The van der Waals surface area contributed by atoms with Crippen molar-refractivity contribution in [2.45, 2.75) is 6.92 Å². The van der Waals surface area contributed by atoms with Crippen molar-refractivity contribution in [3.8, 4) is 5.69 Å². The van der Waals surface area contributed by atoms with Crippen LogP contribution in [0.4, 0.5) is 5.82 Å². The Morgan fingerprint density at radius 1 is 1.53 bits per heavy atom. The molecule has 0 aliphatic carbocycles. The van der Waals surface area contributed by atoms with E-state index in [-0.39, 0.29) is 5.69 Å². The fourth-order valence-corrected chi connectivity index (χ4v) is 1.44. The predicted octanol–water partition coefficient (Wildman–Crippen LogP) is 0.798. The van der Waals surface area contributed by atoms with E-state index in [2.05, 4.69) is 15.4 Å². The highest BCUT2D eigenvalue weighted by atomic mass is 16.1. The Bertz CT molecular complexity index is 534. The lowest BCUT2D eigenvalue weighted by molar-refractivity contribution is 0.0995. The number of carbonyl (C=O) groups is 1. The second-order valence-corrected chi connectivity index (χ2v) is 3.44. The van der Waals surface area contributed by atoms with Gasteiger partial charge in [-0.05, 0) is 19.1 Å². The van der Waals surface area contributed by atoms with E-state index in [1.54, 1.807) is 29.2 Å². The summed E-state index contributed by atoms with van der Waals surface area (Å²) >= 11 is 0. The van der Waals surface area contributed by atoms with Gasteiger partial charge in [0.2, 0.25) is 0 Å². The van der Waals surface area contributed by atoms with Gasteiger partial charge in [-0.25, -0.2) is 9.67 Å². The molecule has 2 rings (SSSR count). The maximum absolute atomic E-state index is 10.9. The summed E-state index contributed by atoms with van der Waals surface area (Å²) in [5, 5.41) is 7.17. The summed E-state index contributed by atoms with van der Waals surface area (Å²) < 4.78 is 1.59. The minimum atomic E-state index is -0.537. The minimum Gasteiger partial charge on any atom is -0.370 e. The van der Waals surface area contributed by atoms with Crippen molar-refractivity contribution in [3.63, 3.8) is 0 Å². The molecule has 0 bridgehead atoms.